The number of methoxy groups -OCH3 is 2. The van der Waals surface area contributed by atoms with Gasteiger partial charge in [0.15, 0.2) is 0 Å². The van der Waals surface area contributed by atoms with Crippen molar-refractivity contribution in [2.24, 2.45) is 5.92 Å². The molecule has 26 heavy (non-hydrogen) atoms. The fourth-order valence-electron chi connectivity index (χ4n) is 3.32. The molecule has 0 N–H and O–H groups in total. The average Bonchev–Trinajstić information content (AvgIpc) is 3.22. The Balaban J connectivity index is 1.80. The standard InChI is InChI=1S/C19H19NO6/c1-24-16(21)10-13-14-8-9-15(17(13)18(22)25-2)20(14)19(23)26-11-12-6-4-3-5-7-12/h3-10,14-15,17H,11H2,1-2H3/b13-10+/t14-,15+,17+/m1/s1. The summed E-state index contributed by atoms with van der Waals surface area (Å²) in [6, 6.07) is 8.20. The highest BCUT2D eigenvalue weighted by atomic mass is 16.6. The van der Waals surface area contributed by atoms with Gasteiger partial charge in [0.1, 0.15) is 12.5 Å². The van der Waals surface area contributed by atoms with Crippen molar-refractivity contribution in [1.29, 1.82) is 0 Å². The molecule has 0 aliphatic carbocycles. The minimum absolute atomic E-state index is 0.120. The summed E-state index contributed by atoms with van der Waals surface area (Å²) in [7, 11) is 2.52. The molecular weight excluding hydrogens is 338 g/mol. The highest BCUT2D eigenvalue weighted by Crippen LogP contribution is 2.42. The average molecular weight is 357 g/mol. The molecule has 136 valence electrons. The van der Waals surface area contributed by atoms with E-state index in [1.165, 1.54) is 25.2 Å². The maximum absolute atomic E-state index is 12.6. The van der Waals surface area contributed by atoms with Gasteiger partial charge in [-0.25, -0.2) is 9.59 Å². The molecule has 7 heteroatoms. The van der Waals surface area contributed by atoms with Crippen molar-refractivity contribution in [3.05, 3.63) is 59.7 Å². The van der Waals surface area contributed by atoms with Crippen LogP contribution in [0.4, 0.5) is 4.79 Å². The van der Waals surface area contributed by atoms with Gasteiger partial charge in [-0.15, -0.1) is 0 Å². The molecule has 2 aliphatic heterocycles. The van der Waals surface area contributed by atoms with Gasteiger partial charge in [0.05, 0.1) is 26.3 Å². The maximum atomic E-state index is 12.6. The van der Waals surface area contributed by atoms with E-state index in [0.717, 1.165) is 5.56 Å². The summed E-state index contributed by atoms with van der Waals surface area (Å²) < 4.78 is 14.9. The van der Waals surface area contributed by atoms with Gasteiger partial charge < -0.3 is 14.2 Å². The third kappa shape index (κ3) is 3.20. The number of hydrogen-bond donors (Lipinski definition) is 0. The molecule has 2 aliphatic rings. The molecule has 1 fully saturated rings. The molecule has 0 spiro atoms. The topological polar surface area (TPSA) is 82.1 Å². The third-order valence-corrected chi connectivity index (χ3v) is 4.51. The fraction of sp³-hybridized carbons (Fsp3) is 0.316. The Morgan fingerprint density at radius 1 is 1.08 bits per heavy atom. The molecule has 7 nitrogen and oxygen atoms in total. The summed E-state index contributed by atoms with van der Waals surface area (Å²) in [6.45, 7) is 0.120. The Morgan fingerprint density at radius 2 is 1.81 bits per heavy atom. The van der Waals surface area contributed by atoms with E-state index < -0.39 is 36.0 Å². The second-order valence-electron chi connectivity index (χ2n) is 5.94. The van der Waals surface area contributed by atoms with E-state index in [4.69, 9.17) is 9.47 Å². The number of carbonyl (C=O) groups is 3. The minimum Gasteiger partial charge on any atom is -0.468 e. The van der Waals surface area contributed by atoms with Crippen LogP contribution in [-0.2, 0) is 30.4 Å². The number of ether oxygens (including phenoxy) is 3. The van der Waals surface area contributed by atoms with Crippen molar-refractivity contribution in [3.63, 3.8) is 0 Å². The number of nitrogens with zero attached hydrogens (tertiary/aromatic N) is 1. The normalized spacial score (nSPS) is 24.6. The van der Waals surface area contributed by atoms with Crippen LogP contribution in [0.25, 0.3) is 0 Å². The van der Waals surface area contributed by atoms with Crippen LogP contribution in [-0.4, -0.2) is 49.2 Å². The molecule has 0 radical (unpaired) electrons. The lowest BCUT2D eigenvalue weighted by atomic mass is 9.88. The predicted octanol–water partition coefficient (Wildman–Crippen LogP) is 1.83. The first-order valence-electron chi connectivity index (χ1n) is 8.11. The molecule has 1 amide bonds. The minimum atomic E-state index is -0.752. The second-order valence-corrected chi connectivity index (χ2v) is 5.94. The van der Waals surface area contributed by atoms with Crippen molar-refractivity contribution in [1.82, 2.24) is 4.90 Å². The van der Waals surface area contributed by atoms with E-state index in [9.17, 15) is 14.4 Å². The summed E-state index contributed by atoms with van der Waals surface area (Å²) in [5.41, 5.74) is 1.32. The molecule has 3 rings (SSSR count). The van der Waals surface area contributed by atoms with Crippen LogP contribution in [0, 0.1) is 5.92 Å². The zero-order valence-corrected chi connectivity index (χ0v) is 14.5. The third-order valence-electron chi connectivity index (χ3n) is 4.51. The monoisotopic (exact) mass is 357 g/mol. The zero-order valence-electron chi connectivity index (χ0n) is 14.5. The predicted molar refractivity (Wildman–Crippen MR) is 90.8 cm³/mol. The number of amides is 1. The molecule has 0 aromatic heterocycles. The van der Waals surface area contributed by atoms with Crippen LogP contribution >= 0.6 is 0 Å². The largest absolute Gasteiger partial charge is 0.468 e. The highest BCUT2D eigenvalue weighted by Gasteiger charge is 2.53. The molecule has 1 aromatic carbocycles. The lowest BCUT2D eigenvalue weighted by Gasteiger charge is -2.22. The van der Waals surface area contributed by atoms with E-state index in [1.54, 1.807) is 12.2 Å². The summed E-state index contributed by atoms with van der Waals surface area (Å²) in [6.07, 6.45) is 4.21. The number of fused-ring (bicyclic) bond motifs is 2. The van der Waals surface area contributed by atoms with Crippen LogP contribution in [0.1, 0.15) is 5.56 Å². The van der Waals surface area contributed by atoms with E-state index in [-0.39, 0.29) is 6.61 Å². The van der Waals surface area contributed by atoms with Crippen molar-refractivity contribution < 1.29 is 28.6 Å². The van der Waals surface area contributed by atoms with Crippen LogP contribution in [0.2, 0.25) is 0 Å². The van der Waals surface area contributed by atoms with Gasteiger partial charge in [-0.05, 0) is 11.1 Å². The molecule has 0 unspecified atom stereocenters. The first-order chi connectivity index (χ1) is 12.6. The Kier molecular flexibility index (Phi) is 5.06. The summed E-state index contributed by atoms with van der Waals surface area (Å²) in [5.74, 6) is -1.86. The van der Waals surface area contributed by atoms with Crippen LogP contribution in [0.5, 0.6) is 0 Å². The van der Waals surface area contributed by atoms with E-state index in [2.05, 4.69) is 4.74 Å². The first-order valence-corrected chi connectivity index (χ1v) is 8.11. The van der Waals surface area contributed by atoms with E-state index in [0.29, 0.717) is 5.57 Å². The molecule has 2 bridgehead atoms. The summed E-state index contributed by atoms with van der Waals surface area (Å²) in [5, 5.41) is 0. The van der Waals surface area contributed by atoms with Crippen molar-refractivity contribution in [2.45, 2.75) is 18.7 Å². The second kappa shape index (κ2) is 7.43. The summed E-state index contributed by atoms with van der Waals surface area (Å²) in [4.78, 5) is 37.9. The fourth-order valence-corrected chi connectivity index (χ4v) is 3.32. The molecule has 1 saturated heterocycles. The van der Waals surface area contributed by atoms with Crippen LogP contribution in [0.3, 0.4) is 0 Å². The van der Waals surface area contributed by atoms with Crippen molar-refractivity contribution in [2.75, 3.05) is 14.2 Å². The Morgan fingerprint density at radius 3 is 2.46 bits per heavy atom. The number of esters is 2. The molecule has 2 heterocycles. The highest BCUT2D eigenvalue weighted by molar-refractivity contribution is 5.89. The number of carbonyl (C=O) groups excluding carboxylic acids is 3. The number of hydrogen-bond acceptors (Lipinski definition) is 6. The smallest absolute Gasteiger partial charge is 0.411 e. The number of benzene rings is 1. The van der Waals surface area contributed by atoms with Gasteiger partial charge in [0.2, 0.25) is 0 Å². The van der Waals surface area contributed by atoms with Crippen molar-refractivity contribution in [3.8, 4) is 0 Å². The first kappa shape index (κ1) is 17.7. The Hall–Kier alpha value is -3.09. The van der Waals surface area contributed by atoms with Gasteiger partial charge in [0.25, 0.3) is 0 Å². The molecule has 0 saturated carbocycles. The lowest BCUT2D eigenvalue weighted by molar-refractivity contribution is -0.144. The van der Waals surface area contributed by atoms with Crippen LogP contribution < -0.4 is 0 Å². The molecular formula is C19H19NO6. The Labute approximate surface area is 150 Å². The SMILES string of the molecule is COC(=O)/C=C1\[C@H]2C=C[C@@H]([C@H]1C(=O)OC)N2C(=O)OCc1ccccc1. The van der Waals surface area contributed by atoms with Gasteiger partial charge in [-0.2, -0.15) is 0 Å². The summed E-state index contributed by atoms with van der Waals surface area (Å²) >= 11 is 0. The van der Waals surface area contributed by atoms with E-state index >= 15 is 0 Å². The van der Waals surface area contributed by atoms with Gasteiger partial charge >= 0.3 is 18.0 Å². The van der Waals surface area contributed by atoms with Gasteiger partial charge in [-0.3, -0.25) is 9.69 Å². The number of rotatable bonds is 4. The van der Waals surface area contributed by atoms with Crippen LogP contribution in [0.15, 0.2) is 54.1 Å². The van der Waals surface area contributed by atoms with Crippen molar-refractivity contribution >= 4 is 18.0 Å². The zero-order chi connectivity index (χ0) is 18.7. The molecule has 1 aromatic rings. The Bertz CT molecular complexity index is 769. The maximum Gasteiger partial charge on any atom is 0.411 e. The molecule has 3 atom stereocenters. The lowest BCUT2D eigenvalue weighted by Crippen LogP contribution is -2.38. The van der Waals surface area contributed by atoms with Gasteiger partial charge in [-0.1, -0.05) is 42.5 Å². The quantitative estimate of drug-likeness (QED) is 0.354. The van der Waals surface area contributed by atoms with E-state index in [1.807, 2.05) is 30.3 Å². The van der Waals surface area contributed by atoms with Gasteiger partial charge in [0, 0.05) is 6.08 Å².